The predicted molar refractivity (Wildman–Crippen MR) is 101 cm³/mol. The van der Waals surface area contributed by atoms with Crippen molar-refractivity contribution in [2.24, 2.45) is 0 Å². The average molecular weight is 325 g/mol. The van der Waals surface area contributed by atoms with Crippen molar-refractivity contribution >= 4 is 17.3 Å². The van der Waals surface area contributed by atoms with E-state index in [2.05, 4.69) is 36.0 Å². The van der Waals surface area contributed by atoms with E-state index in [1.807, 2.05) is 37.3 Å². The molecule has 0 aliphatic heterocycles. The standard InChI is InChI=1S/C20H27N3O/c1-5-11-23(12-6-2)18-9-10-21-19(14-18)20(24)22-17-8-7-15(3)16(4)13-17/h7-10,13-14H,5-6,11-12H2,1-4H3,(H,22,24). The van der Waals surface area contributed by atoms with Crippen LogP contribution in [0.2, 0.25) is 0 Å². The number of amides is 1. The molecule has 0 saturated carbocycles. The number of carbonyl (C=O) groups is 1. The Morgan fingerprint density at radius 2 is 1.75 bits per heavy atom. The first-order chi connectivity index (χ1) is 11.5. The number of aryl methyl sites for hydroxylation is 2. The highest BCUT2D eigenvalue weighted by Crippen LogP contribution is 2.18. The molecule has 0 saturated heterocycles. The fourth-order valence-corrected chi connectivity index (χ4v) is 2.66. The largest absolute Gasteiger partial charge is 0.371 e. The van der Waals surface area contributed by atoms with Gasteiger partial charge in [0.15, 0.2) is 0 Å². The molecular weight excluding hydrogens is 298 g/mol. The summed E-state index contributed by atoms with van der Waals surface area (Å²) in [4.78, 5) is 19.0. The molecular formula is C20H27N3O. The normalized spacial score (nSPS) is 10.5. The van der Waals surface area contributed by atoms with Crippen molar-refractivity contribution in [3.63, 3.8) is 0 Å². The van der Waals surface area contributed by atoms with Crippen molar-refractivity contribution in [1.29, 1.82) is 0 Å². The molecule has 128 valence electrons. The fraction of sp³-hybridized carbons (Fsp3) is 0.400. The first-order valence-corrected chi connectivity index (χ1v) is 8.64. The molecule has 0 radical (unpaired) electrons. The summed E-state index contributed by atoms with van der Waals surface area (Å²) < 4.78 is 0. The maximum Gasteiger partial charge on any atom is 0.274 e. The number of carbonyl (C=O) groups excluding carboxylic acids is 1. The molecule has 24 heavy (non-hydrogen) atoms. The molecule has 0 bridgehead atoms. The Morgan fingerprint density at radius 3 is 2.38 bits per heavy atom. The summed E-state index contributed by atoms with van der Waals surface area (Å²) >= 11 is 0. The zero-order chi connectivity index (χ0) is 17.5. The average Bonchev–Trinajstić information content (AvgIpc) is 2.58. The number of aromatic nitrogens is 1. The minimum atomic E-state index is -0.173. The molecule has 0 atom stereocenters. The Balaban J connectivity index is 2.17. The van der Waals surface area contributed by atoms with E-state index in [9.17, 15) is 4.79 Å². The van der Waals surface area contributed by atoms with Crippen LogP contribution in [0.5, 0.6) is 0 Å². The molecule has 1 amide bonds. The third-order valence-electron chi connectivity index (χ3n) is 4.09. The lowest BCUT2D eigenvalue weighted by Gasteiger charge is -2.23. The lowest BCUT2D eigenvalue weighted by Crippen LogP contribution is -2.25. The second kappa shape index (κ2) is 8.48. The molecule has 1 aromatic carbocycles. The minimum absolute atomic E-state index is 0.173. The zero-order valence-corrected chi connectivity index (χ0v) is 15.1. The van der Waals surface area contributed by atoms with Crippen LogP contribution < -0.4 is 10.2 Å². The number of nitrogens with one attached hydrogen (secondary N) is 1. The van der Waals surface area contributed by atoms with Crippen molar-refractivity contribution in [1.82, 2.24) is 4.98 Å². The molecule has 2 aromatic rings. The van der Waals surface area contributed by atoms with Crippen molar-refractivity contribution < 1.29 is 4.79 Å². The Bertz CT molecular complexity index is 691. The summed E-state index contributed by atoms with van der Waals surface area (Å²) in [7, 11) is 0. The number of hydrogen-bond acceptors (Lipinski definition) is 3. The van der Waals surface area contributed by atoms with E-state index in [0.717, 1.165) is 42.9 Å². The lowest BCUT2D eigenvalue weighted by molar-refractivity contribution is 0.102. The minimum Gasteiger partial charge on any atom is -0.371 e. The van der Waals surface area contributed by atoms with Crippen molar-refractivity contribution in [2.45, 2.75) is 40.5 Å². The van der Waals surface area contributed by atoms with Gasteiger partial charge in [0.1, 0.15) is 5.69 Å². The van der Waals surface area contributed by atoms with Gasteiger partial charge in [-0.15, -0.1) is 0 Å². The topological polar surface area (TPSA) is 45.2 Å². The second-order valence-corrected chi connectivity index (χ2v) is 6.14. The maximum atomic E-state index is 12.5. The summed E-state index contributed by atoms with van der Waals surface area (Å²) in [5, 5.41) is 2.94. The van der Waals surface area contributed by atoms with E-state index in [4.69, 9.17) is 0 Å². The number of pyridine rings is 1. The first-order valence-electron chi connectivity index (χ1n) is 8.64. The highest BCUT2D eigenvalue weighted by molar-refractivity contribution is 6.03. The van der Waals surface area contributed by atoms with Gasteiger partial charge in [0, 0.05) is 30.7 Å². The van der Waals surface area contributed by atoms with Crippen LogP contribution >= 0.6 is 0 Å². The SMILES string of the molecule is CCCN(CCC)c1ccnc(C(=O)Nc2ccc(C)c(C)c2)c1. The van der Waals surface area contributed by atoms with Gasteiger partial charge in [-0.3, -0.25) is 9.78 Å². The number of anilines is 2. The molecule has 4 heteroatoms. The van der Waals surface area contributed by atoms with Crippen LogP contribution in [0, 0.1) is 13.8 Å². The molecule has 0 aliphatic rings. The van der Waals surface area contributed by atoms with Crippen LogP contribution in [0.4, 0.5) is 11.4 Å². The summed E-state index contributed by atoms with van der Waals surface area (Å²) in [6.45, 7) is 10.4. The molecule has 2 rings (SSSR count). The molecule has 1 N–H and O–H groups in total. The maximum absolute atomic E-state index is 12.5. The van der Waals surface area contributed by atoms with Gasteiger partial charge in [-0.05, 0) is 62.1 Å². The van der Waals surface area contributed by atoms with Gasteiger partial charge in [-0.2, -0.15) is 0 Å². The highest BCUT2D eigenvalue weighted by atomic mass is 16.1. The molecule has 0 aliphatic carbocycles. The summed E-state index contributed by atoms with van der Waals surface area (Å²) in [6, 6.07) is 9.76. The van der Waals surface area contributed by atoms with E-state index < -0.39 is 0 Å². The second-order valence-electron chi connectivity index (χ2n) is 6.14. The fourth-order valence-electron chi connectivity index (χ4n) is 2.66. The number of nitrogens with zero attached hydrogens (tertiary/aromatic N) is 2. The summed E-state index contributed by atoms with van der Waals surface area (Å²) in [5.74, 6) is -0.173. The van der Waals surface area contributed by atoms with Crippen molar-refractivity contribution in [3.05, 3.63) is 53.3 Å². The molecule has 0 spiro atoms. The van der Waals surface area contributed by atoms with Gasteiger partial charge in [0.05, 0.1) is 0 Å². The molecule has 4 nitrogen and oxygen atoms in total. The van der Waals surface area contributed by atoms with Crippen molar-refractivity contribution in [2.75, 3.05) is 23.3 Å². The van der Waals surface area contributed by atoms with E-state index in [-0.39, 0.29) is 5.91 Å². The van der Waals surface area contributed by atoms with Crippen molar-refractivity contribution in [3.8, 4) is 0 Å². The van der Waals surface area contributed by atoms with Crippen LogP contribution in [0.15, 0.2) is 36.5 Å². The monoisotopic (exact) mass is 325 g/mol. The van der Waals surface area contributed by atoms with Gasteiger partial charge < -0.3 is 10.2 Å². The van der Waals surface area contributed by atoms with Crippen LogP contribution in [0.3, 0.4) is 0 Å². The third kappa shape index (κ3) is 4.57. The highest BCUT2D eigenvalue weighted by Gasteiger charge is 2.12. The molecule has 1 heterocycles. The first kappa shape index (κ1) is 18.0. The van der Waals surface area contributed by atoms with Crippen LogP contribution in [-0.2, 0) is 0 Å². The third-order valence-corrected chi connectivity index (χ3v) is 4.09. The Labute approximate surface area is 144 Å². The number of hydrogen-bond donors (Lipinski definition) is 1. The van der Waals surface area contributed by atoms with Gasteiger partial charge in [-0.1, -0.05) is 19.9 Å². The van der Waals surface area contributed by atoms with Gasteiger partial charge in [-0.25, -0.2) is 0 Å². The van der Waals surface area contributed by atoms with Crippen LogP contribution in [0.25, 0.3) is 0 Å². The molecule has 1 aromatic heterocycles. The van der Waals surface area contributed by atoms with Gasteiger partial charge in [0.2, 0.25) is 0 Å². The van der Waals surface area contributed by atoms with Gasteiger partial charge in [0.25, 0.3) is 5.91 Å². The van der Waals surface area contributed by atoms with E-state index >= 15 is 0 Å². The van der Waals surface area contributed by atoms with E-state index in [1.54, 1.807) is 6.20 Å². The summed E-state index contributed by atoms with van der Waals surface area (Å²) in [5.41, 5.74) is 4.67. The van der Waals surface area contributed by atoms with E-state index in [0.29, 0.717) is 5.69 Å². The predicted octanol–water partition coefficient (Wildman–Crippen LogP) is 4.58. The van der Waals surface area contributed by atoms with Gasteiger partial charge >= 0.3 is 0 Å². The number of rotatable bonds is 7. The Morgan fingerprint density at radius 1 is 1.04 bits per heavy atom. The summed E-state index contributed by atoms with van der Waals surface area (Å²) in [6.07, 6.45) is 3.86. The zero-order valence-electron chi connectivity index (χ0n) is 15.1. The van der Waals surface area contributed by atoms with Crippen LogP contribution in [0.1, 0.15) is 48.3 Å². The van der Waals surface area contributed by atoms with E-state index in [1.165, 1.54) is 5.56 Å². The number of benzene rings is 1. The molecule has 0 fully saturated rings. The smallest absolute Gasteiger partial charge is 0.274 e. The Kier molecular flexibility index (Phi) is 6.36. The lowest BCUT2D eigenvalue weighted by atomic mass is 10.1. The molecule has 0 unspecified atom stereocenters. The van der Waals surface area contributed by atoms with Crippen LogP contribution in [-0.4, -0.2) is 24.0 Å². The Hall–Kier alpha value is -2.36. The quantitative estimate of drug-likeness (QED) is 0.810.